The molecule has 3 nitrogen and oxygen atoms in total. The fourth-order valence-corrected chi connectivity index (χ4v) is 2.32. The number of rotatable bonds is 3. The second-order valence-electron chi connectivity index (χ2n) is 4.12. The van der Waals surface area contributed by atoms with Crippen LogP contribution in [-0.4, -0.2) is 5.84 Å². The molecule has 2 rings (SSSR count). The molecular formula is C14H10BrF3N2O. The van der Waals surface area contributed by atoms with E-state index in [-0.39, 0.29) is 22.9 Å². The van der Waals surface area contributed by atoms with Crippen molar-refractivity contribution in [2.24, 2.45) is 5.73 Å². The quantitative estimate of drug-likeness (QED) is 0.624. The molecule has 0 aliphatic rings. The van der Waals surface area contributed by atoms with Crippen LogP contribution >= 0.6 is 15.9 Å². The van der Waals surface area contributed by atoms with Crippen LogP contribution < -0.4 is 10.5 Å². The second-order valence-corrected chi connectivity index (χ2v) is 4.98. The number of hydrogen-bond donors (Lipinski definition) is 2. The molecule has 21 heavy (non-hydrogen) atoms. The van der Waals surface area contributed by atoms with Gasteiger partial charge in [-0.05, 0) is 40.2 Å². The third-order valence-corrected chi connectivity index (χ3v) is 3.32. The Balaban J connectivity index is 2.50. The molecule has 0 bridgehead atoms. The third kappa shape index (κ3) is 3.36. The minimum atomic E-state index is -4.53. The Morgan fingerprint density at radius 1 is 1.05 bits per heavy atom. The summed E-state index contributed by atoms with van der Waals surface area (Å²) in [5.41, 5.74) is 4.76. The molecule has 0 radical (unpaired) electrons. The lowest BCUT2D eigenvalue weighted by Crippen LogP contribution is -2.14. The fraction of sp³-hybridized carbons (Fsp3) is 0.0714. The monoisotopic (exact) mass is 358 g/mol. The summed E-state index contributed by atoms with van der Waals surface area (Å²) >= 11 is 3.20. The minimum absolute atomic E-state index is 0.0774. The minimum Gasteiger partial charge on any atom is -0.456 e. The fourth-order valence-electron chi connectivity index (χ4n) is 1.76. The Hall–Kier alpha value is -2.02. The number of benzene rings is 2. The van der Waals surface area contributed by atoms with Gasteiger partial charge in [-0.1, -0.05) is 18.2 Å². The largest absolute Gasteiger partial charge is 0.456 e. The standard InChI is InChI=1S/C14H10BrF3N2O/c15-9-5-3-7-11(12(9)13(19)20)21-10-6-2-1-4-8(10)14(16,17)18/h1-7H,(H3,19,20). The molecule has 0 atom stereocenters. The number of nitrogen functional groups attached to an aromatic ring is 1. The smallest absolute Gasteiger partial charge is 0.419 e. The van der Waals surface area contributed by atoms with Crippen molar-refractivity contribution in [3.05, 3.63) is 58.1 Å². The van der Waals surface area contributed by atoms with Crippen molar-refractivity contribution in [2.45, 2.75) is 6.18 Å². The van der Waals surface area contributed by atoms with Gasteiger partial charge in [0.15, 0.2) is 0 Å². The number of alkyl halides is 3. The molecule has 0 aliphatic heterocycles. The summed E-state index contributed by atoms with van der Waals surface area (Å²) in [5, 5.41) is 7.50. The van der Waals surface area contributed by atoms with Crippen LogP contribution in [0.5, 0.6) is 11.5 Å². The molecule has 2 aromatic carbocycles. The van der Waals surface area contributed by atoms with E-state index >= 15 is 0 Å². The molecule has 0 unspecified atom stereocenters. The van der Waals surface area contributed by atoms with Crippen LogP contribution in [0.1, 0.15) is 11.1 Å². The van der Waals surface area contributed by atoms with E-state index in [2.05, 4.69) is 15.9 Å². The molecule has 0 aromatic heterocycles. The molecular weight excluding hydrogens is 349 g/mol. The predicted molar refractivity (Wildman–Crippen MR) is 76.7 cm³/mol. The van der Waals surface area contributed by atoms with Crippen molar-refractivity contribution in [3.63, 3.8) is 0 Å². The molecule has 0 fully saturated rings. The van der Waals surface area contributed by atoms with Gasteiger partial charge < -0.3 is 10.5 Å². The van der Waals surface area contributed by atoms with Gasteiger partial charge in [0.1, 0.15) is 17.3 Å². The summed E-state index contributed by atoms with van der Waals surface area (Å²) in [7, 11) is 0. The molecule has 7 heteroatoms. The number of para-hydroxylation sites is 1. The molecule has 0 aliphatic carbocycles. The van der Waals surface area contributed by atoms with Crippen molar-refractivity contribution >= 4 is 21.8 Å². The van der Waals surface area contributed by atoms with Gasteiger partial charge in [-0.15, -0.1) is 0 Å². The summed E-state index contributed by atoms with van der Waals surface area (Å²) in [6.07, 6.45) is -4.53. The Morgan fingerprint density at radius 3 is 2.29 bits per heavy atom. The van der Waals surface area contributed by atoms with Gasteiger partial charge in [-0.25, -0.2) is 0 Å². The highest BCUT2D eigenvalue weighted by Gasteiger charge is 2.34. The summed E-state index contributed by atoms with van der Waals surface area (Å²) in [5.74, 6) is -0.568. The van der Waals surface area contributed by atoms with Crippen molar-refractivity contribution in [1.82, 2.24) is 0 Å². The lowest BCUT2D eigenvalue weighted by atomic mass is 10.1. The predicted octanol–water partition coefficient (Wildman–Crippen LogP) is 4.54. The highest BCUT2D eigenvalue weighted by Crippen LogP contribution is 2.39. The molecule has 0 saturated carbocycles. The van der Waals surface area contributed by atoms with Crippen LogP contribution in [0.4, 0.5) is 13.2 Å². The van der Waals surface area contributed by atoms with Gasteiger partial charge in [0.2, 0.25) is 0 Å². The Morgan fingerprint density at radius 2 is 1.67 bits per heavy atom. The van der Waals surface area contributed by atoms with Gasteiger partial charge in [0.25, 0.3) is 0 Å². The van der Waals surface area contributed by atoms with Gasteiger partial charge in [0, 0.05) is 4.47 Å². The van der Waals surface area contributed by atoms with Gasteiger partial charge in [0.05, 0.1) is 11.1 Å². The molecule has 0 saturated heterocycles. The van der Waals surface area contributed by atoms with E-state index in [9.17, 15) is 13.2 Å². The maximum atomic E-state index is 12.9. The molecule has 0 spiro atoms. The van der Waals surface area contributed by atoms with E-state index in [1.165, 1.54) is 24.3 Å². The first-order valence-corrected chi connectivity index (χ1v) is 6.57. The summed E-state index contributed by atoms with van der Waals surface area (Å²) < 4.78 is 44.6. The van der Waals surface area contributed by atoms with Crippen molar-refractivity contribution in [1.29, 1.82) is 5.41 Å². The summed E-state index contributed by atoms with van der Waals surface area (Å²) in [6.45, 7) is 0. The van der Waals surface area contributed by atoms with Gasteiger partial charge in [-0.2, -0.15) is 13.2 Å². The van der Waals surface area contributed by atoms with Crippen LogP contribution in [0.2, 0.25) is 0 Å². The molecule has 110 valence electrons. The van der Waals surface area contributed by atoms with Crippen LogP contribution in [-0.2, 0) is 6.18 Å². The molecule has 2 aromatic rings. The second kappa shape index (κ2) is 5.77. The van der Waals surface area contributed by atoms with E-state index in [0.29, 0.717) is 4.47 Å². The normalized spacial score (nSPS) is 11.2. The molecule has 3 N–H and O–H groups in total. The highest BCUT2D eigenvalue weighted by atomic mass is 79.9. The van der Waals surface area contributed by atoms with Gasteiger partial charge >= 0.3 is 6.18 Å². The number of nitrogens with one attached hydrogen (secondary N) is 1. The SMILES string of the molecule is N=C(N)c1c(Br)cccc1Oc1ccccc1C(F)(F)F. The third-order valence-electron chi connectivity index (χ3n) is 2.66. The maximum Gasteiger partial charge on any atom is 0.419 e. The summed E-state index contributed by atoms with van der Waals surface area (Å²) in [6, 6.07) is 9.53. The number of nitrogens with two attached hydrogens (primary N) is 1. The number of hydrogen-bond acceptors (Lipinski definition) is 2. The van der Waals surface area contributed by atoms with Crippen LogP contribution in [0.3, 0.4) is 0 Å². The maximum absolute atomic E-state index is 12.9. The van der Waals surface area contributed by atoms with E-state index in [0.717, 1.165) is 6.07 Å². The Bertz CT molecular complexity index is 686. The molecule has 0 amide bonds. The average Bonchev–Trinajstić information content (AvgIpc) is 2.37. The number of ether oxygens (including phenoxy) is 1. The van der Waals surface area contributed by atoms with Crippen LogP contribution in [0, 0.1) is 5.41 Å². The van der Waals surface area contributed by atoms with Gasteiger partial charge in [-0.3, -0.25) is 5.41 Å². The first-order chi connectivity index (χ1) is 9.80. The van der Waals surface area contributed by atoms with Crippen LogP contribution in [0.25, 0.3) is 0 Å². The zero-order valence-electron chi connectivity index (χ0n) is 10.5. The van der Waals surface area contributed by atoms with Crippen molar-refractivity contribution in [2.75, 3.05) is 0 Å². The van der Waals surface area contributed by atoms with E-state index < -0.39 is 11.7 Å². The topological polar surface area (TPSA) is 59.1 Å². The zero-order chi connectivity index (χ0) is 15.6. The Kier molecular flexibility index (Phi) is 4.22. The van der Waals surface area contributed by atoms with Crippen molar-refractivity contribution in [3.8, 4) is 11.5 Å². The van der Waals surface area contributed by atoms with Crippen molar-refractivity contribution < 1.29 is 17.9 Å². The Labute approximate surface area is 127 Å². The van der Waals surface area contributed by atoms with Crippen LogP contribution in [0.15, 0.2) is 46.9 Å². The highest BCUT2D eigenvalue weighted by molar-refractivity contribution is 9.10. The van der Waals surface area contributed by atoms with E-state index in [1.807, 2.05) is 0 Å². The molecule has 0 heterocycles. The number of amidine groups is 1. The first-order valence-electron chi connectivity index (χ1n) is 5.77. The zero-order valence-corrected chi connectivity index (χ0v) is 12.1. The number of halogens is 4. The lowest BCUT2D eigenvalue weighted by Gasteiger charge is -2.16. The average molecular weight is 359 g/mol. The lowest BCUT2D eigenvalue weighted by molar-refractivity contribution is -0.138. The van der Waals surface area contributed by atoms with E-state index in [1.54, 1.807) is 12.1 Å². The first kappa shape index (κ1) is 15.4. The van der Waals surface area contributed by atoms with E-state index in [4.69, 9.17) is 15.9 Å². The summed E-state index contributed by atoms with van der Waals surface area (Å²) in [4.78, 5) is 0.